The largest absolute Gasteiger partial charge is 0.412 e. The van der Waals surface area contributed by atoms with Gasteiger partial charge in [0.2, 0.25) is 0 Å². The molecule has 0 aromatic rings. The molecule has 52 valence electrons. The highest BCUT2D eigenvalue weighted by atomic mass is 28.2. The van der Waals surface area contributed by atoms with E-state index in [-0.39, 0.29) is 15.2 Å². The molecule has 0 aromatic heterocycles. The van der Waals surface area contributed by atoms with Crippen molar-refractivity contribution < 1.29 is 5.48 Å². The summed E-state index contributed by atoms with van der Waals surface area (Å²) < 4.78 is 2.34. The Hall–Kier alpha value is 0.137. The summed E-state index contributed by atoms with van der Waals surface area (Å²) in [7, 11) is 4.43. The van der Waals surface area contributed by atoms with E-state index in [0.29, 0.717) is 0 Å². The first-order chi connectivity index (χ1) is 3.13. The van der Waals surface area contributed by atoms with E-state index in [9.17, 15) is 0 Å². The fourth-order valence-electron chi connectivity index (χ4n) is 0.730. The highest BCUT2D eigenvalue weighted by Gasteiger charge is 1.93. The van der Waals surface area contributed by atoms with Gasteiger partial charge in [0.25, 0.3) is 0 Å². The summed E-state index contributed by atoms with van der Waals surface area (Å²) in [4.78, 5) is 0. The Labute approximate surface area is 54.1 Å². The molecule has 0 spiro atoms. The third-order valence-electron chi connectivity index (χ3n) is 0.730. The van der Waals surface area contributed by atoms with Gasteiger partial charge < -0.3 is 10.0 Å². The van der Waals surface area contributed by atoms with E-state index in [4.69, 9.17) is 0 Å². The molecule has 0 aliphatic heterocycles. The van der Waals surface area contributed by atoms with Crippen LogP contribution in [0.2, 0.25) is 5.54 Å². The molecule has 0 bridgehead atoms. The van der Waals surface area contributed by atoms with Gasteiger partial charge in [0, 0.05) is 0 Å². The zero-order valence-electron chi connectivity index (χ0n) is 6.23. The van der Waals surface area contributed by atoms with E-state index in [1.807, 2.05) is 0 Å². The molecule has 0 radical (unpaired) electrons. The molecule has 0 saturated carbocycles. The highest BCUT2D eigenvalue weighted by molar-refractivity contribution is 6.33. The van der Waals surface area contributed by atoms with E-state index in [0.717, 1.165) is 5.54 Å². The molecule has 0 aromatic carbocycles. The number of rotatable bonds is 2. The summed E-state index contributed by atoms with van der Waals surface area (Å²) in [6.45, 7) is 4.57. The van der Waals surface area contributed by atoms with Gasteiger partial charge in [-0.2, -0.15) is 0 Å². The van der Waals surface area contributed by atoms with Gasteiger partial charge in [0.1, 0.15) is 0 Å². The average Bonchev–Trinajstić information content (AvgIpc) is 1.27. The van der Waals surface area contributed by atoms with Crippen molar-refractivity contribution in [3.05, 3.63) is 0 Å². The molecule has 0 fully saturated rings. The Bertz CT molecular complexity index is 41.7. The molecule has 0 heterocycles. The molecule has 0 amide bonds. The van der Waals surface area contributed by atoms with Gasteiger partial charge in [0.15, 0.2) is 0 Å². The fourth-order valence-corrected chi connectivity index (χ4v) is 2.19. The van der Waals surface area contributed by atoms with E-state index >= 15 is 0 Å². The summed E-state index contributed by atoms with van der Waals surface area (Å²) in [5, 5.41) is 0. The second kappa shape index (κ2) is 5.28. The topological polar surface area (TPSA) is 34.7 Å². The minimum absolute atomic E-state index is 0. The second-order valence-electron chi connectivity index (χ2n) is 2.66. The Morgan fingerprint density at radius 1 is 1.25 bits per heavy atom. The lowest BCUT2D eigenvalue weighted by Crippen LogP contribution is -2.19. The molecule has 2 N–H and O–H groups in total. The smallest absolute Gasteiger partial charge is 0.0968 e. The molecule has 0 unspecified atom stereocenters. The summed E-state index contributed by atoms with van der Waals surface area (Å²) in [5.74, 6) is 0. The molecule has 0 saturated heterocycles. The van der Waals surface area contributed by atoms with Crippen LogP contribution in [0.15, 0.2) is 0 Å². The van der Waals surface area contributed by atoms with Crippen LogP contribution >= 0.6 is 0 Å². The molecule has 3 heteroatoms. The Kier molecular flexibility index (Phi) is 7.26. The molecule has 8 heavy (non-hydrogen) atoms. The monoisotopic (exact) mass is 135 g/mol. The lowest BCUT2D eigenvalue weighted by Gasteiger charge is -2.09. The Morgan fingerprint density at radius 2 is 1.62 bits per heavy atom. The standard InChI is InChI=1S/C5H15NSi.H2O/c1-5(2)7-6(3)4;/h5H,7H2,1-4H3;1H2. The zero-order chi connectivity index (χ0) is 5.86. The quantitative estimate of drug-likeness (QED) is 0.476. The van der Waals surface area contributed by atoms with Crippen LogP contribution in [0.25, 0.3) is 0 Å². The van der Waals surface area contributed by atoms with Crippen LogP contribution < -0.4 is 0 Å². The van der Waals surface area contributed by atoms with Gasteiger partial charge >= 0.3 is 0 Å². The highest BCUT2D eigenvalue weighted by Crippen LogP contribution is 1.95. The predicted molar refractivity (Wildman–Crippen MR) is 40.9 cm³/mol. The van der Waals surface area contributed by atoms with Crippen LogP contribution in [-0.2, 0) is 0 Å². The van der Waals surface area contributed by atoms with Gasteiger partial charge in [-0.25, -0.2) is 0 Å². The molecular weight excluding hydrogens is 118 g/mol. The Morgan fingerprint density at radius 3 is 1.62 bits per heavy atom. The molecule has 0 aliphatic carbocycles. The lowest BCUT2D eigenvalue weighted by molar-refractivity contribution is 0.646. The molecular formula is C5H17NOSi. The molecule has 2 nitrogen and oxygen atoms in total. The van der Waals surface area contributed by atoms with Gasteiger partial charge in [-0.3, -0.25) is 0 Å². The van der Waals surface area contributed by atoms with Crippen molar-refractivity contribution in [2.24, 2.45) is 0 Å². The maximum absolute atomic E-state index is 2.34. The normalized spacial score (nSPS) is 11.2. The van der Waals surface area contributed by atoms with E-state index in [1.54, 1.807) is 0 Å². The van der Waals surface area contributed by atoms with Gasteiger partial charge in [-0.1, -0.05) is 13.8 Å². The SMILES string of the molecule is CC(C)[SiH2]N(C)C.O. The average molecular weight is 135 g/mol. The summed E-state index contributed by atoms with van der Waals surface area (Å²) in [6.07, 6.45) is 0. The fraction of sp³-hybridized carbons (Fsp3) is 1.00. The molecule has 0 atom stereocenters. The minimum atomic E-state index is 0. The molecule has 0 aliphatic rings. The Balaban J connectivity index is 0. The summed E-state index contributed by atoms with van der Waals surface area (Å²) in [6, 6.07) is 0. The van der Waals surface area contributed by atoms with E-state index in [1.165, 1.54) is 0 Å². The first kappa shape index (κ1) is 11.0. The van der Waals surface area contributed by atoms with Crippen LogP contribution in [0.4, 0.5) is 0 Å². The van der Waals surface area contributed by atoms with Crippen LogP contribution in [-0.4, -0.2) is 33.8 Å². The van der Waals surface area contributed by atoms with Crippen LogP contribution in [0.1, 0.15) is 13.8 Å². The van der Waals surface area contributed by atoms with Crippen molar-refractivity contribution >= 4 is 9.68 Å². The van der Waals surface area contributed by atoms with Crippen LogP contribution in [0, 0.1) is 0 Å². The lowest BCUT2D eigenvalue weighted by atomic mass is 10.6. The van der Waals surface area contributed by atoms with Crippen molar-refractivity contribution in [1.29, 1.82) is 0 Å². The molecule has 0 rings (SSSR count). The van der Waals surface area contributed by atoms with Crippen molar-refractivity contribution in [3.8, 4) is 0 Å². The van der Waals surface area contributed by atoms with Crippen molar-refractivity contribution in [2.75, 3.05) is 14.1 Å². The summed E-state index contributed by atoms with van der Waals surface area (Å²) in [5.41, 5.74) is 0.940. The number of hydrogen-bond acceptors (Lipinski definition) is 1. The van der Waals surface area contributed by atoms with Gasteiger partial charge in [-0.15, -0.1) is 0 Å². The van der Waals surface area contributed by atoms with Crippen LogP contribution in [0.3, 0.4) is 0 Å². The van der Waals surface area contributed by atoms with Crippen molar-refractivity contribution in [1.82, 2.24) is 4.57 Å². The first-order valence-electron chi connectivity index (χ1n) is 2.77. The number of hydrogen-bond donors (Lipinski definition) is 0. The number of nitrogens with zero attached hydrogens (tertiary/aromatic N) is 1. The van der Waals surface area contributed by atoms with Crippen molar-refractivity contribution in [2.45, 2.75) is 19.4 Å². The van der Waals surface area contributed by atoms with E-state index < -0.39 is 0 Å². The van der Waals surface area contributed by atoms with Gasteiger partial charge in [0.05, 0.1) is 9.68 Å². The van der Waals surface area contributed by atoms with Crippen molar-refractivity contribution in [3.63, 3.8) is 0 Å². The van der Waals surface area contributed by atoms with E-state index in [2.05, 4.69) is 32.5 Å². The van der Waals surface area contributed by atoms with Gasteiger partial charge in [-0.05, 0) is 19.6 Å². The summed E-state index contributed by atoms with van der Waals surface area (Å²) >= 11 is 0. The van der Waals surface area contributed by atoms with Crippen LogP contribution in [0.5, 0.6) is 0 Å². The minimum Gasteiger partial charge on any atom is -0.412 e. The maximum Gasteiger partial charge on any atom is 0.0968 e. The first-order valence-corrected chi connectivity index (χ1v) is 4.22. The third-order valence-corrected chi connectivity index (χ3v) is 2.19. The third kappa shape index (κ3) is 9.46. The second-order valence-corrected chi connectivity index (χ2v) is 5.92. The predicted octanol–water partition coefficient (Wildman–Crippen LogP) is -0.365. The zero-order valence-corrected chi connectivity index (χ0v) is 7.65. The maximum atomic E-state index is 2.34.